The fraction of sp³-hybridized carbons (Fsp3) is 0.333. The Hall–Kier alpha value is -3.23. The molecule has 0 radical (unpaired) electrons. The Bertz CT molecular complexity index is 964. The van der Waals surface area contributed by atoms with E-state index in [0.717, 1.165) is 18.4 Å². The van der Waals surface area contributed by atoms with Gasteiger partial charge in [0.2, 0.25) is 5.60 Å². The van der Waals surface area contributed by atoms with E-state index in [9.17, 15) is 54.2 Å². The van der Waals surface area contributed by atoms with Crippen molar-refractivity contribution in [2.24, 2.45) is 0 Å². The van der Waals surface area contributed by atoms with Crippen molar-refractivity contribution in [3.63, 3.8) is 0 Å². The number of hydrogen-bond donors (Lipinski definition) is 2. The Morgan fingerprint density at radius 3 is 1.91 bits per heavy atom. The highest BCUT2D eigenvalue weighted by molar-refractivity contribution is 5.93. The highest BCUT2D eigenvalue weighted by Gasteiger charge is 2.58. The minimum Gasteiger partial charge on any atom is -0.466 e. The van der Waals surface area contributed by atoms with E-state index < -0.39 is 71.6 Å². The van der Waals surface area contributed by atoms with Crippen molar-refractivity contribution in [2.45, 2.75) is 30.6 Å². The van der Waals surface area contributed by atoms with Crippen molar-refractivity contribution >= 4 is 17.6 Å². The number of alkyl halides is 9. The zero-order valence-electron chi connectivity index (χ0n) is 15.9. The zero-order valence-corrected chi connectivity index (χ0v) is 15.9. The first kappa shape index (κ1) is 26.0. The van der Waals surface area contributed by atoms with Crippen LogP contribution < -0.4 is 5.32 Å². The summed E-state index contributed by atoms with van der Waals surface area (Å²) in [6, 6.07) is 1.87. The summed E-state index contributed by atoms with van der Waals surface area (Å²) in [6.07, 6.45) is -16.8. The number of carbonyl (C=O) groups is 2. The van der Waals surface area contributed by atoms with Crippen LogP contribution in [0.4, 0.5) is 45.2 Å². The molecule has 1 aromatic carbocycles. The topological polar surface area (TPSA) is 88.8 Å². The third kappa shape index (κ3) is 6.40. The quantitative estimate of drug-likeness (QED) is 0.452. The minimum atomic E-state index is -5.40. The van der Waals surface area contributed by atoms with Gasteiger partial charge in [-0.1, -0.05) is 0 Å². The smallest absolute Gasteiger partial charge is 0.425 e. The van der Waals surface area contributed by atoms with Gasteiger partial charge in [-0.2, -0.15) is 39.5 Å². The third-order valence-electron chi connectivity index (χ3n) is 4.03. The van der Waals surface area contributed by atoms with E-state index in [1.54, 1.807) is 5.32 Å². The van der Waals surface area contributed by atoms with Crippen LogP contribution in [0.2, 0.25) is 0 Å². The first-order chi connectivity index (χ1) is 14.9. The monoisotopic (exact) mass is 493 g/mol. The highest BCUT2D eigenvalue weighted by atomic mass is 19.4. The molecule has 2 N–H and O–H groups in total. The van der Waals surface area contributed by atoms with E-state index in [2.05, 4.69) is 9.15 Å². The molecule has 1 atom stereocenters. The Labute approximate surface area is 177 Å². The second kappa shape index (κ2) is 8.96. The molecule has 1 amide bonds. The molecule has 0 bridgehead atoms. The summed E-state index contributed by atoms with van der Waals surface area (Å²) in [7, 11) is 0. The molecule has 33 heavy (non-hydrogen) atoms. The lowest BCUT2D eigenvalue weighted by Crippen LogP contribution is -2.44. The van der Waals surface area contributed by atoms with Crippen LogP contribution in [0.15, 0.2) is 41.0 Å². The molecule has 15 heteroatoms. The van der Waals surface area contributed by atoms with Gasteiger partial charge >= 0.3 is 24.5 Å². The van der Waals surface area contributed by atoms with Crippen LogP contribution in [0, 0.1) is 0 Å². The molecule has 0 saturated carbocycles. The predicted octanol–water partition coefficient (Wildman–Crippen LogP) is 4.64. The summed E-state index contributed by atoms with van der Waals surface area (Å²) in [5.74, 6) is -4.27. The van der Waals surface area contributed by atoms with Crippen molar-refractivity contribution in [1.82, 2.24) is 0 Å². The van der Waals surface area contributed by atoms with Gasteiger partial charge in [0, 0.05) is 5.69 Å². The average Bonchev–Trinajstić information content (AvgIpc) is 3.19. The number of furan rings is 1. The molecule has 0 aliphatic heterocycles. The number of nitrogens with one attached hydrogen (secondary N) is 1. The predicted molar refractivity (Wildman–Crippen MR) is 89.3 cm³/mol. The van der Waals surface area contributed by atoms with Gasteiger partial charge in [-0.3, -0.25) is 9.59 Å². The number of anilines is 1. The third-order valence-corrected chi connectivity index (χ3v) is 4.03. The molecule has 6 nitrogen and oxygen atoms in total. The van der Waals surface area contributed by atoms with Crippen molar-refractivity contribution in [3.05, 3.63) is 53.5 Å². The standard InChI is InChI=1S/C18H12F9NO5/c19-16(20,21)9-4-10(17(22,23)24)6-11(5-9)28-13(29)8-33-14(30)7-15(31,18(25,26)27)12-2-1-3-32-12/h1-6,31H,7-8H2,(H,28,29). The molecule has 1 aromatic heterocycles. The fourth-order valence-corrected chi connectivity index (χ4v) is 2.47. The molecule has 0 aliphatic rings. The van der Waals surface area contributed by atoms with Crippen molar-refractivity contribution in [1.29, 1.82) is 0 Å². The molecule has 2 rings (SSSR count). The van der Waals surface area contributed by atoms with Gasteiger partial charge in [0.15, 0.2) is 6.61 Å². The number of rotatable bonds is 6. The maximum absolute atomic E-state index is 13.2. The summed E-state index contributed by atoms with van der Waals surface area (Å²) < 4.78 is 125. The van der Waals surface area contributed by atoms with Crippen molar-refractivity contribution in [2.75, 3.05) is 11.9 Å². The number of aliphatic hydroxyl groups is 1. The number of benzene rings is 1. The summed E-state index contributed by atoms with van der Waals surface area (Å²) in [4.78, 5) is 23.5. The van der Waals surface area contributed by atoms with Crippen LogP contribution in [-0.4, -0.2) is 29.8 Å². The van der Waals surface area contributed by atoms with Crippen molar-refractivity contribution < 1.29 is 63.4 Å². The van der Waals surface area contributed by atoms with Gasteiger partial charge in [0.25, 0.3) is 5.91 Å². The Kier molecular flexibility index (Phi) is 7.06. The van der Waals surface area contributed by atoms with E-state index >= 15 is 0 Å². The lowest BCUT2D eigenvalue weighted by Gasteiger charge is -2.27. The van der Waals surface area contributed by atoms with E-state index in [4.69, 9.17) is 0 Å². The summed E-state index contributed by atoms with van der Waals surface area (Å²) in [5, 5.41) is 11.5. The molecule has 0 aliphatic carbocycles. The number of amides is 1. The average molecular weight is 493 g/mol. The van der Waals surface area contributed by atoms with E-state index in [1.807, 2.05) is 0 Å². The Balaban J connectivity index is 2.10. The van der Waals surface area contributed by atoms with Gasteiger partial charge in [0.1, 0.15) is 5.76 Å². The number of ether oxygens (including phenoxy) is 1. The normalized spacial score (nSPS) is 14.5. The summed E-state index contributed by atoms with van der Waals surface area (Å²) in [5.41, 5.74) is -8.25. The second-order valence-electron chi connectivity index (χ2n) is 6.52. The molecular formula is C18H12F9NO5. The SMILES string of the molecule is O=C(COC(=O)CC(O)(c1ccco1)C(F)(F)F)Nc1cc(C(F)(F)F)cc(C(F)(F)F)c1. The van der Waals surface area contributed by atoms with Crippen LogP contribution in [0.3, 0.4) is 0 Å². The molecule has 0 fully saturated rings. The molecular weight excluding hydrogens is 481 g/mol. The van der Waals surface area contributed by atoms with Gasteiger partial charge < -0.3 is 19.6 Å². The largest absolute Gasteiger partial charge is 0.466 e. The Morgan fingerprint density at radius 2 is 1.48 bits per heavy atom. The molecule has 182 valence electrons. The molecule has 2 aromatic rings. The maximum atomic E-state index is 13.2. The van der Waals surface area contributed by atoms with Gasteiger partial charge in [-0.25, -0.2) is 0 Å². The first-order valence-corrected chi connectivity index (χ1v) is 8.51. The zero-order chi connectivity index (χ0) is 25.2. The van der Waals surface area contributed by atoms with Crippen LogP contribution in [-0.2, 0) is 32.3 Å². The Morgan fingerprint density at radius 1 is 0.939 bits per heavy atom. The lowest BCUT2D eigenvalue weighted by molar-refractivity contribution is -0.275. The molecule has 0 saturated heterocycles. The highest BCUT2D eigenvalue weighted by Crippen LogP contribution is 2.42. The van der Waals surface area contributed by atoms with Gasteiger partial charge in [-0.05, 0) is 30.3 Å². The van der Waals surface area contributed by atoms with Crippen LogP contribution in [0.25, 0.3) is 0 Å². The molecule has 1 heterocycles. The van der Waals surface area contributed by atoms with Crippen molar-refractivity contribution in [3.8, 4) is 0 Å². The van der Waals surface area contributed by atoms with E-state index in [1.165, 1.54) is 0 Å². The number of esters is 1. The van der Waals surface area contributed by atoms with Crippen LogP contribution in [0.5, 0.6) is 0 Å². The molecule has 1 unspecified atom stereocenters. The minimum absolute atomic E-state index is 0.175. The van der Waals surface area contributed by atoms with Gasteiger partial charge in [0.05, 0.1) is 23.8 Å². The van der Waals surface area contributed by atoms with Crippen LogP contribution >= 0.6 is 0 Å². The second-order valence-corrected chi connectivity index (χ2v) is 6.52. The maximum Gasteiger partial charge on any atom is 0.425 e. The fourth-order valence-electron chi connectivity index (χ4n) is 2.47. The van der Waals surface area contributed by atoms with Gasteiger partial charge in [-0.15, -0.1) is 0 Å². The number of hydrogen-bond acceptors (Lipinski definition) is 5. The first-order valence-electron chi connectivity index (χ1n) is 8.51. The van der Waals surface area contributed by atoms with Crippen LogP contribution in [0.1, 0.15) is 23.3 Å². The summed E-state index contributed by atoms with van der Waals surface area (Å²) >= 11 is 0. The van der Waals surface area contributed by atoms with E-state index in [-0.39, 0.29) is 18.2 Å². The van der Waals surface area contributed by atoms with E-state index in [0.29, 0.717) is 0 Å². The lowest BCUT2D eigenvalue weighted by atomic mass is 9.96. The molecule has 0 spiro atoms. The summed E-state index contributed by atoms with van der Waals surface area (Å²) in [6.45, 7) is -1.37. The number of halogens is 9. The number of carbonyl (C=O) groups excluding carboxylic acids is 2.